The topological polar surface area (TPSA) is 55.1 Å². The van der Waals surface area contributed by atoms with Gasteiger partial charge in [-0.2, -0.15) is 0 Å². The van der Waals surface area contributed by atoms with Crippen LogP contribution in [0.2, 0.25) is 10.0 Å². The number of benzene rings is 1. The minimum atomic E-state index is -0.0755. The van der Waals surface area contributed by atoms with Crippen LogP contribution < -0.4 is 11.1 Å². The molecule has 1 fully saturated rings. The lowest BCUT2D eigenvalue weighted by Crippen LogP contribution is -2.36. The summed E-state index contributed by atoms with van der Waals surface area (Å²) in [5, 5.41) is 3.68. The van der Waals surface area contributed by atoms with Gasteiger partial charge in [0.2, 0.25) is 5.91 Å². The van der Waals surface area contributed by atoms with Crippen molar-refractivity contribution in [3.8, 4) is 0 Å². The fraction of sp³-hybridized carbons (Fsp3) is 0.533. The molecule has 0 unspecified atom stereocenters. The van der Waals surface area contributed by atoms with Crippen molar-refractivity contribution in [2.45, 2.75) is 38.5 Å². The first-order chi connectivity index (χ1) is 9.96. The molecule has 3 N–H and O–H groups in total. The van der Waals surface area contributed by atoms with Gasteiger partial charge < -0.3 is 11.1 Å². The van der Waals surface area contributed by atoms with E-state index in [1.807, 2.05) is 0 Å². The Kier molecular flexibility index (Phi) is 5.95. The summed E-state index contributed by atoms with van der Waals surface area (Å²) in [5.74, 6) is -0.0755. The van der Waals surface area contributed by atoms with Gasteiger partial charge in [-0.1, -0.05) is 58.4 Å². The van der Waals surface area contributed by atoms with Crippen LogP contribution in [-0.2, 0) is 4.79 Å². The molecule has 0 bridgehead atoms. The standard InChI is InChI=1S/C15H19BrCl2N2O/c16-10-6-11(17)14(12(18)7-10)20-13(21)8-15(9-19)4-2-1-3-5-15/h6-7H,1-5,8-9,19H2,(H,20,21). The molecular weight excluding hydrogens is 375 g/mol. The van der Waals surface area contributed by atoms with Gasteiger partial charge in [-0.05, 0) is 36.9 Å². The number of nitrogens with two attached hydrogens (primary N) is 1. The van der Waals surface area contributed by atoms with E-state index < -0.39 is 0 Å². The van der Waals surface area contributed by atoms with Gasteiger partial charge in [0, 0.05) is 10.9 Å². The van der Waals surface area contributed by atoms with Gasteiger partial charge in [0.1, 0.15) is 0 Å². The van der Waals surface area contributed by atoms with Crippen molar-refractivity contribution in [3.05, 3.63) is 26.7 Å². The van der Waals surface area contributed by atoms with Gasteiger partial charge in [0.25, 0.3) is 0 Å². The van der Waals surface area contributed by atoms with E-state index in [-0.39, 0.29) is 11.3 Å². The van der Waals surface area contributed by atoms with Gasteiger partial charge >= 0.3 is 0 Å². The van der Waals surface area contributed by atoms with Crippen molar-refractivity contribution in [2.75, 3.05) is 11.9 Å². The zero-order chi connectivity index (χ0) is 15.5. The van der Waals surface area contributed by atoms with Crippen molar-refractivity contribution in [3.63, 3.8) is 0 Å². The van der Waals surface area contributed by atoms with Gasteiger partial charge in [-0.15, -0.1) is 0 Å². The van der Waals surface area contributed by atoms with E-state index in [0.29, 0.717) is 28.7 Å². The molecule has 1 aromatic carbocycles. The van der Waals surface area contributed by atoms with Crippen LogP contribution in [0, 0.1) is 5.41 Å². The SMILES string of the molecule is NCC1(CC(=O)Nc2c(Cl)cc(Br)cc2Cl)CCCCC1. The highest BCUT2D eigenvalue weighted by Gasteiger charge is 2.33. The van der Waals surface area contributed by atoms with Crippen molar-refractivity contribution in [2.24, 2.45) is 11.1 Å². The van der Waals surface area contributed by atoms with Crippen LogP contribution in [0.25, 0.3) is 0 Å². The molecule has 6 heteroatoms. The highest BCUT2D eigenvalue weighted by molar-refractivity contribution is 9.10. The van der Waals surface area contributed by atoms with E-state index in [1.165, 1.54) is 6.42 Å². The predicted octanol–water partition coefficient (Wildman–Crippen LogP) is 4.99. The maximum atomic E-state index is 12.3. The van der Waals surface area contributed by atoms with Crippen LogP contribution in [0.5, 0.6) is 0 Å². The lowest BCUT2D eigenvalue weighted by Gasteiger charge is -2.35. The van der Waals surface area contributed by atoms with Crippen molar-refractivity contribution in [1.82, 2.24) is 0 Å². The molecule has 21 heavy (non-hydrogen) atoms. The Labute approximate surface area is 143 Å². The third kappa shape index (κ3) is 4.35. The number of nitrogens with one attached hydrogen (secondary N) is 1. The van der Waals surface area contributed by atoms with Crippen LogP contribution >= 0.6 is 39.1 Å². The Morgan fingerprint density at radius 2 is 1.81 bits per heavy atom. The Morgan fingerprint density at radius 1 is 1.24 bits per heavy atom. The molecule has 0 atom stereocenters. The summed E-state index contributed by atoms with van der Waals surface area (Å²) in [5.41, 5.74) is 6.32. The van der Waals surface area contributed by atoms with Crippen molar-refractivity contribution >= 4 is 50.7 Å². The number of amides is 1. The molecule has 1 aliphatic rings. The van der Waals surface area contributed by atoms with Gasteiger partial charge in [0.15, 0.2) is 0 Å². The molecule has 3 nitrogen and oxygen atoms in total. The fourth-order valence-corrected chi connectivity index (χ4v) is 4.24. The molecule has 0 aromatic heterocycles. The summed E-state index contributed by atoms with van der Waals surface area (Å²) < 4.78 is 0.779. The van der Waals surface area contributed by atoms with Gasteiger partial charge in [-0.25, -0.2) is 0 Å². The molecule has 0 radical (unpaired) electrons. The van der Waals surface area contributed by atoms with E-state index in [1.54, 1.807) is 12.1 Å². The largest absolute Gasteiger partial charge is 0.330 e. The molecule has 1 saturated carbocycles. The number of hydrogen-bond donors (Lipinski definition) is 2. The Hall–Kier alpha value is -0.290. The molecule has 2 rings (SSSR count). The molecule has 1 aromatic rings. The fourth-order valence-electron chi connectivity index (χ4n) is 2.94. The Balaban J connectivity index is 2.08. The quantitative estimate of drug-likeness (QED) is 0.756. The summed E-state index contributed by atoms with van der Waals surface area (Å²) in [4.78, 5) is 12.3. The summed E-state index contributed by atoms with van der Waals surface area (Å²) in [7, 11) is 0. The molecule has 1 amide bonds. The Bertz CT molecular complexity index is 507. The van der Waals surface area contributed by atoms with Crippen molar-refractivity contribution in [1.29, 1.82) is 0 Å². The average Bonchev–Trinajstić information content (AvgIpc) is 2.44. The smallest absolute Gasteiger partial charge is 0.225 e. The first-order valence-electron chi connectivity index (χ1n) is 7.10. The number of halogens is 3. The average molecular weight is 394 g/mol. The van der Waals surface area contributed by atoms with Gasteiger partial charge in [-0.3, -0.25) is 4.79 Å². The second-order valence-corrected chi connectivity index (χ2v) is 7.46. The number of carbonyl (C=O) groups is 1. The predicted molar refractivity (Wildman–Crippen MR) is 92.0 cm³/mol. The third-order valence-electron chi connectivity index (χ3n) is 4.15. The highest BCUT2D eigenvalue weighted by Crippen LogP contribution is 2.39. The summed E-state index contributed by atoms with van der Waals surface area (Å²) in [6, 6.07) is 3.42. The van der Waals surface area contributed by atoms with E-state index in [0.717, 1.165) is 30.2 Å². The van der Waals surface area contributed by atoms with Crippen molar-refractivity contribution < 1.29 is 4.79 Å². The molecule has 116 valence electrons. The first-order valence-corrected chi connectivity index (χ1v) is 8.65. The van der Waals surface area contributed by atoms with Crippen LogP contribution in [0.4, 0.5) is 5.69 Å². The third-order valence-corrected chi connectivity index (χ3v) is 5.21. The molecule has 1 aliphatic carbocycles. The minimum absolute atomic E-state index is 0.0728. The van der Waals surface area contributed by atoms with Crippen LogP contribution in [-0.4, -0.2) is 12.5 Å². The van der Waals surface area contributed by atoms with E-state index in [2.05, 4.69) is 21.2 Å². The first kappa shape index (κ1) is 17.1. The maximum Gasteiger partial charge on any atom is 0.225 e. The number of rotatable bonds is 4. The maximum absolute atomic E-state index is 12.3. The zero-order valence-electron chi connectivity index (χ0n) is 11.7. The lowest BCUT2D eigenvalue weighted by atomic mass is 9.71. The molecule has 0 aliphatic heterocycles. The summed E-state index contributed by atoms with van der Waals surface area (Å²) >= 11 is 15.6. The second kappa shape index (κ2) is 7.32. The summed E-state index contributed by atoms with van der Waals surface area (Å²) in [6.07, 6.45) is 5.96. The molecule has 0 spiro atoms. The molecule has 0 saturated heterocycles. The Morgan fingerprint density at radius 3 is 2.33 bits per heavy atom. The second-order valence-electron chi connectivity index (χ2n) is 5.73. The van der Waals surface area contributed by atoms with E-state index in [9.17, 15) is 4.79 Å². The normalized spacial score (nSPS) is 17.5. The molecule has 0 heterocycles. The number of hydrogen-bond acceptors (Lipinski definition) is 2. The van der Waals surface area contributed by atoms with E-state index >= 15 is 0 Å². The lowest BCUT2D eigenvalue weighted by molar-refractivity contribution is -0.118. The summed E-state index contributed by atoms with van der Waals surface area (Å²) in [6.45, 7) is 0.544. The number of carbonyl (C=O) groups excluding carboxylic acids is 1. The van der Waals surface area contributed by atoms with Crippen LogP contribution in [0.15, 0.2) is 16.6 Å². The zero-order valence-corrected chi connectivity index (χ0v) is 14.8. The molecular formula is C15H19BrCl2N2O. The minimum Gasteiger partial charge on any atom is -0.330 e. The monoisotopic (exact) mass is 392 g/mol. The highest BCUT2D eigenvalue weighted by atomic mass is 79.9. The van der Waals surface area contributed by atoms with Crippen LogP contribution in [0.3, 0.4) is 0 Å². The van der Waals surface area contributed by atoms with Crippen LogP contribution in [0.1, 0.15) is 38.5 Å². The number of anilines is 1. The van der Waals surface area contributed by atoms with E-state index in [4.69, 9.17) is 28.9 Å². The van der Waals surface area contributed by atoms with Gasteiger partial charge in [0.05, 0.1) is 15.7 Å².